The van der Waals surface area contributed by atoms with E-state index in [-0.39, 0.29) is 6.09 Å². The number of amides is 1. The van der Waals surface area contributed by atoms with Gasteiger partial charge >= 0.3 is 6.09 Å². The Balaban J connectivity index is 1.86. The van der Waals surface area contributed by atoms with Crippen LogP contribution in [-0.2, 0) is 11.3 Å². The second-order valence-corrected chi connectivity index (χ2v) is 5.10. The molecule has 20 heavy (non-hydrogen) atoms. The van der Waals surface area contributed by atoms with E-state index in [1.165, 1.54) is 0 Å². The summed E-state index contributed by atoms with van der Waals surface area (Å²) in [7, 11) is 0. The van der Waals surface area contributed by atoms with Crippen LogP contribution in [0.3, 0.4) is 0 Å². The van der Waals surface area contributed by atoms with Crippen molar-refractivity contribution in [1.29, 1.82) is 0 Å². The van der Waals surface area contributed by atoms with E-state index >= 15 is 0 Å². The highest BCUT2D eigenvalue weighted by Gasteiger charge is 2.22. The monoisotopic (exact) mass is 298 g/mol. The predicted octanol–water partition coefficient (Wildman–Crippen LogP) is 1.71. The first kappa shape index (κ1) is 15.0. The molecule has 1 aromatic heterocycles. The van der Waals surface area contributed by atoms with Crippen LogP contribution >= 0.6 is 11.6 Å². The SMILES string of the molecule is CCOC(=O)N1CCN(Cc2nc(C)cc(Cl)n2)CC1. The number of aromatic nitrogens is 2. The van der Waals surface area contributed by atoms with E-state index in [0.717, 1.165) is 24.6 Å². The van der Waals surface area contributed by atoms with E-state index in [9.17, 15) is 4.79 Å². The minimum absolute atomic E-state index is 0.234. The van der Waals surface area contributed by atoms with Crippen molar-refractivity contribution in [3.63, 3.8) is 0 Å². The summed E-state index contributed by atoms with van der Waals surface area (Å²) >= 11 is 5.93. The van der Waals surface area contributed by atoms with Crippen LogP contribution in [0.25, 0.3) is 0 Å². The molecule has 110 valence electrons. The van der Waals surface area contributed by atoms with Gasteiger partial charge in [0.05, 0.1) is 13.2 Å². The smallest absolute Gasteiger partial charge is 0.409 e. The summed E-state index contributed by atoms with van der Waals surface area (Å²) in [5.41, 5.74) is 0.866. The Bertz CT molecular complexity index is 455. The van der Waals surface area contributed by atoms with Crippen LogP contribution in [0.5, 0.6) is 0 Å². The molecule has 2 heterocycles. The number of piperazine rings is 1. The topological polar surface area (TPSA) is 58.6 Å². The summed E-state index contributed by atoms with van der Waals surface area (Å²) in [5, 5.41) is 0.470. The van der Waals surface area contributed by atoms with Gasteiger partial charge in [-0.05, 0) is 19.9 Å². The zero-order chi connectivity index (χ0) is 14.5. The van der Waals surface area contributed by atoms with Gasteiger partial charge in [-0.3, -0.25) is 4.90 Å². The van der Waals surface area contributed by atoms with Gasteiger partial charge in [0, 0.05) is 31.9 Å². The zero-order valence-corrected chi connectivity index (χ0v) is 12.6. The highest BCUT2D eigenvalue weighted by molar-refractivity contribution is 6.29. The van der Waals surface area contributed by atoms with Crippen molar-refractivity contribution in [2.24, 2.45) is 0 Å². The Morgan fingerprint density at radius 2 is 2.05 bits per heavy atom. The molecule has 6 nitrogen and oxygen atoms in total. The third-order valence-corrected chi connectivity index (χ3v) is 3.33. The number of carbonyl (C=O) groups is 1. The lowest BCUT2D eigenvalue weighted by molar-refractivity contribution is 0.0772. The maximum Gasteiger partial charge on any atom is 0.409 e. The zero-order valence-electron chi connectivity index (χ0n) is 11.8. The number of carbonyl (C=O) groups excluding carboxylic acids is 1. The fourth-order valence-corrected chi connectivity index (χ4v) is 2.42. The fourth-order valence-electron chi connectivity index (χ4n) is 2.16. The number of halogens is 1. The minimum Gasteiger partial charge on any atom is -0.450 e. The maximum absolute atomic E-state index is 11.6. The van der Waals surface area contributed by atoms with Crippen molar-refractivity contribution in [3.05, 3.63) is 22.7 Å². The van der Waals surface area contributed by atoms with E-state index in [1.54, 1.807) is 11.0 Å². The van der Waals surface area contributed by atoms with E-state index < -0.39 is 0 Å². The number of ether oxygens (including phenoxy) is 1. The molecule has 2 rings (SSSR count). The molecule has 0 bridgehead atoms. The quantitative estimate of drug-likeness (QED) is 0.795. The van der Waals surface area contributed by atoms with E-state index in [4.69, 9.17) is 16.3 Å². The van der Waals surface area contributed by atoms with Crippen molar-refractivity contribution in [3.8, 4) is 0 Å². The van der Waals surface area contributed by atoms with Crippen LogP contribution in [0.1, 0.15) is 18.4 Å². The predicted molar refractivity (Wildman–Crippen MR) is 75.7 cm³/mol. The van der Waals surface area contributed by atoms with Gasteiger partial charge in [0.25, 0.3) is 0 Å². The van der Waals surface area contributed by atoms with Crippen LogP contribution in [-0.4, -0.2) is 58.6 Å². The van der Waals surface area contributed by atoms with Gasteiger partial charge in [-0.2, -0.15) is 0 Å². The van der Waals surface area contributed by atoms with Crippen molar-refractivity contribution in [1.82, 2.24) is 19.8 Å². The Labute approximate surface area is 123 Å². The Hall–Kier alpha value is -1.40. The molecule has 1 fully saturated rings. The van der Waals surface area contributed by atoms with E-state index in [1.807, 2.05) is 13.8 Å². The van der Waals surface area contributed by atoms with Crippen LogP contribution in [0.4, 0.5) is 4.79 Å². The molecule has 0 aliphatic carbocycles. The largest absolute Gasteiger partial charge is 0.450 e. The second kappa shape index (κ2) is 6.85. The molecular formula is C13H19ClN4O2. The van der Waals surface area contributed by atoms with Crippen molar-refractivity contribution < 1.29 is 9.53 Å². The summed E-state index contributed by atoms with van der Waals surface area (Å²) < 4.78 is 4.99. The molecule has 0 saturated carbocycles. The number of hydrogen-bond donors (Lipinski definition) is 0. The Morgan fingerprint density at radius 1 is 1.35 bits per heavy atom. The highest BCUT2D eigenvalue weighted by Crippen LogP contribution is 2.10. The van der Waals surface area contributed by atoms with E-state index in [0.29, 0.717) is 31.4 Å². The molecule has 1 saturated heterocycles. The van der Waals surface area contributed by atoms with Crippen molar-refractivity contribution in [2.45, 2.75) is 20.4 Å². The summed E-state index contributed by atoms with van der Waals surface area (Å²) in [6.07, 6.45) is -0.234. The lowest BCUT2D eigenvalue weighted by Crippen LogP contribution is -2.48. The lowest BCUT2D eigenvalue weighted by atomic mass is 10.3. The van der Waals surface area contributed by atoms with Gasteiger partial charge in [0.15, 0.2) is 0 Å². The normalized spacial score (nSPS) is 16.2. The minimum atomic E-state index is -0.234. The maximum atomic E-state index is 11.6. The first-order chi connectivity index (χ1) is 9.58. The van der Waals surface area contributed by atoms with Crippen molar-refractivity contribution in [2.75, 3.05) is 32.8 Å². The van der Waals surface area contributed by atoms with E-state index in [2.05, 4.69) is 14.9 Å². The van der Waals surface area contributed by atoms with Crippen LogP contribution < -0.4 is 0 Å². The van der Waals surface area contributed by atoms with Gasteiger partial charge in [-0.25, -0.2) is 14.8 Å². The molecule has 1 aromatic rings. The summed E-state index contributed by atoms with van der Waals surface area (Å²) in [4.78, 5) is 24.1. The lowest BCUT2D eigenvalue weighted by Gasteiger charge is -2.33. The number of hydrogen-bond acceptors (Lipinski definition) is 5. The van der Waals surface area contributed by atoms with Gasteiger partial charge < -0.3 is 9.64 Å². The molecule has 0 atom stereocenters. The molecule has 1 aliphatic heterocycles. The molecule has 0 spiro atoms. The third-order valence-electron chi connectivity index (χ3n) is 3.13. The molecule has 1 aliphatic rings. The number of aryl methyl sites for hydroxylation is 1. The molecule has 7 heteroatoms. The van der Waals surface area contributed by atoms with Crippen LogP contribution in [0.15, 0.2) is 6.07 Å². The molecule has 0 aromatic carbocycles. The first-order valence-corrected chi connectivity index (χ1v) is 7.10. The van der Waals surface area contributed by atoms with Crippen LogP contribution in [0, 0.1) is 6.92 Å². The molecule has 0 unspecified atom stereocenters. The Morgan fingerprint density at radius 3 is 2.65 bits per heavy atom. The standard InChI is InChI=1S/C13H19ClN4O2/c1-3-20-13(19)18-6-4-17(5-7-18)9-12-15-10(2)8-11(14)16-12/h8H,3-7,9H2,1-2H3. The number of rotatable bonds is 3. The summed E-state index contributed by atoms with van der Waals surface area (Å²) in [6, 6.07) is 1.74. The molecular weight excluding hydrogens is 280 g/mol. The van der Waals surface area contributed by atoms with Crippen LogP contribution in [0.2, 0.25) is 5.15 Å². The third kappa shape index (κ3) is 4.05. The average Bonchev–Trinajstić information content (AvgIpc) is 2.38. The van der Waals surface area contributed by atoms with Gasteiger partial charge in [-0.15, -0.1) is 0 Å². The Kier molecular flexibility index (Phi) is 5.14. The molecule has 0 radical (unpaired) electrons. The van der Waals surface area contributed by atoms with Crippen molar-refractivity contribution >= 4 is 17.7 Å². The van der Waals surface area contributed by atoms with Gasteiger partial charge in [0.2, 0.25) is 0 Å². The number of nitrogens with zero attached hydrogens (tertiary/aromatic N) is 4. The second-order valence-electron chi connectivity index (χ2n) is 4.71. The molecule has 1 amide bonds. The fraction of sp³-hybridized carbons (Fsp3) is 0.615. The summed E-state index contributed by atoms with van der Waals surface area (Å²) in [5.74, 6) is 0.722. The average molecular weight is 299 g/mol. The first-order valence-electron chi connectivity index (χ1n) is 6.72. The highest BCUT2D eigenvalue weighted by atomic mass is 35.5. The van der Waals surface area contributed by atoms with Gasteiger partial charge in [0.1, 0.15) is 11.0 Å². The molecule has 0 N–H and O–H groups in total. The van der Waals surface area contributed by atoms with Gasteiger partial charge in [-0.1, -0.05) is 11.6 Å². The summed E-state index contributed by atoms with van der Waals surface area (Å²) in [6.45, 7) is 7.67.